The second-order valence-electron chi connectivity index (χ2n) is 7.53. The van der Waals surface area contributed by atoms with Crippen LogP contribution in [0.15, 0.2) is 41.5 Å². The first kappa shape index (κ1) is 17.2. The fourth-order valence-electron chi connectivity index (χ4n) is 4.27. The minimum Gasteiger partial charge on any atom is -0.314 e. The van der Waals surface area contributed by atoms with E-state index in [0.717, 1.165) is 68.2 Å². The topological polar surface area (TPSA) is 81.7 Å². The Hall–Kier alpha value is -2.87. The third kappa shape index (κ3) is 3.24. The van der Waals surface area contributed by atoms with Gasteiger partial charge in [0.05, 0.1) is 18.8 Å². The predicted octanol–water partition coefficient (Wildman–Crippen LogP) is 1.51. The molecule has 28 heavy (non-hydrogen) atoms. The van der Waals surface area contributed by atoms with E-state index in [1.54, 1.807) is 29.2 Å². The summed E-state index contributed by atoms with van der Waals surface area (Å²) in [7, 11) is 0. The van der Waals surface area contributed by atoms with E-state index in [-0.39, 0.29) is 11.6 Å². The Labute approximate surface area is 162 Å². The van der Waals surface area contributed by atoms with E-state index in [1.165, 1.54) is 0 Å². The Morgan fingerprint density at radius 1 is 1.11 bits per heavy atom. The molecule has 8 heteroatoms. The Balaban J connectivity index is 1.35. The quantitative estimate of drug-likeness (QED) is 0.670. The molecule has 8 nitrogen and oxygen atoms in total. The summed E-state index contributed by atoms with van der Waals surface area (Å²) in [6.45, 7) is 3.41. The second kappa shape index (κ2) is 7.27. The number of hydrogen-bond acceptors (Lipinski definition) is 6. The maximum absolute atomic E-state index is 12.4. The molecule has 0 saturated carbocycles. The maximum atomic E-state index is 12.4. The van der Waals surface area contributed by atoms with Crippen molar-refractivity contribution in [3.8, 4) is 11.3 Å². The van der Waals surface area contributed by atoms with E-state index < -0.39 is 0 Å². The second-order valence-corrected chi connectivity index (χ2v) is 7.53. The molecule has 0 radical (unpaired) electrons. The standard InChI is InChI=1S/C20H23N7O/c28-20-8-7-17(15-4-1-9-21-12-15)24-27(20)13-16-5-2-10-25(16)14-19-23-22-18-6-3-11-26(18)19/h1,4,7-9,12,16H,2-3,5-6,10-11,13-14H2. The molecule has 5 heterocycles. The predicted molar refractivity (Wildman–Crippen MR) is 104 cm³/mol. The maximum Gasteiger partial charge on any atom is 0.266 e. The molecule has 0 aliphatic carbocycles. The molecular weight excluding hydrogens is 354 g/mol. The molecule has 0 amide bonds. The van der Waals surface area contributed by atoms with Gasteiger partial charge in [-0.1, -0.05) is 0 Å². The number of rotatable bonds is 5. The fraction of sp³-hybridized carbons (Fsp3) is 0.450. The highest BCUT2D eigenvalue weighted by molar-refractivity contribution is 5.56. The van der Waals surface area contributed by atoms with Crippen molar-refractivity contribution < 1.29 is 0 Å². The van der Waals surface area contributed by atoms with E-state index in [4.69, 9.17) is 0 Å². The molecule has 0 spiro atoms. The molecule has 0 N–H and O–H groups in total. The number of pyridine rings is 1. The monoisotopic (exact) mass is 377 g/mol. The van der Waals surface area contributed by atoms with Gasteiger partial charge in [-0.2, -0.15) is 5.10 Å². The summed E-state index contributed by atoms with van der Waals surface area (Å²) in [5.74, 6) is 2.15. The number of fused-ring (bicyclic) bond motifs is 1. The Bertz CT molecular complexity index is 1030. The van der Waals surface area contributed by atoms with Gasteiger partial charge in [-0.3, -0.25) is 14.7 Å². The van der Waals surface area contributed by atoms with Gasteiger partial charge in [-0.05, 0) is 44.0 Å². The van der Waals surface area contributed by atoms with Crippen molar-refractivity contribution in [3.63, 3.8) is 0 Å². The van der Waals surface area contributed by atoms with Crippen LogP contribution in [0.2, 0.25) is 0 Å². The molecule has 3 aromatic rings. The van der Waals surface area contributed by atoms with Crippen LogP contribution in [0.25, 0.3) is 11.3 Å². The smallest absolute Gasteiger partial charge is 0.266 e. The fourth-order valence-corrected chi connectivity index (χ4v) is 4.27. The van der Waals surface area contributed by atoms with Crippen LogP contribution >= 0.6 is 0 Å². The molecule has 144 valence electrons. The SMILES string of the molecule is O=c1ccc(-c2cccnc2)nn1CC1CCCN1Cc1nnc2n1CCC2. The minimum atomic E-state index is -0.0668. The molecule has 2 aliphatic heterocycles. The van der Waals surface area contributed by atoms with Gasteiger partial charge in [0.2, 0.25) is 0 Å². The molecule has 2 aliphatic rings. The highest BCUT2D eigenvalue weighted by Gasteiger charge is 2.28. The molecular formula is C20H23N7O. The highest BCUT2D eigenvalue weighted by atomic mass is 16.1. The lowest BCUT2D eigenvalue weighted by Crippen LogP contribution is -2.37. The summed E-state index contributed by atoms with van der Waals surface area (Å²) in [5.41, 5.74) is 1.62. The van der Waals surface area contributed by atoms with Crippen LogP contribution in [0.4, 0.5) is 0 Å². The van der Waals surface area contributed by atoms with Crippen LogP contribution in [-0.2, 0) is 26.1 Å². The lowest BCUT2D eigenvalue weighted by atomic mass is 10.2. The van der Waals surface area contributed by atoms with Gasteiger partial charge in [-0.15, -0.1) is 10.2 Å². The lowest BCUT2D eigenvalue weighted by Gasteiger charge is -2.24. The minimum absolute atomic E-state index is 0.0668. The Kier molecular flexibility index (Phi) is 4.48. The van der Waals surface area contributed by atoms with Crippen molar-refractivity contribution in [2.45, 2.75) is 51.4 Å². The van der Waals surface area contributed by atoms with E-state index >= 15 is 0 Å². The van der Waals surface area contributed by atoms with Crippen LogP contribution in [0.1, 0.15) is 30.9 Å². The van der Waals surface area contributed by atoms with Gasteiger partial charge in [0, 0.05) is 43.0 Å². The van der Waals surface area contributed by atoms with Gasteiger partial charge in [-0.25, -0.2) is 4.68 Å². The molecule has 1 unspecified atom stereocenters. The molecule has 3 aromatic heterocycles. The summed E-state index contributed by atoms with van der Waals surface area (Å²) in [4.78, 5) is 19.0. The van der Waals surface area contributed by atoms with Crippen LogP contribution in [0.5, 0.6) is 0 Å². The summed E-state index contributed by atoms with van der Waals surface area (Å²) >= 11 is 0. The number of nitrogens with zero attached hydrogens (tertiary/aromatic N) is 7. The van der Waals surface area contributed by atoms with Gasteiger partial charge >= 0.3 is 0 Å². The van der Waals surface area contributed by atoms with Crippen LogP contribution in [0.3, 0.4) is 0 Å². The largest absolute Gasteiger partial charge is 0.314 e. The summed E-state index contributed by atoms with van der Waals surface area (Å²) in [6.07, 6.45) is 7.87. The van der Waals surface area contributed by atoms with E-state index in [1.807, 2.05) is 12.1 Å². The van der Waals surface area contributed by atoms with Gasteiger partial charge < -0.3 is 4.57 Å². The van der Waals surface area contributed by atoms with Crippen LogP contribution in [-0.4, -0.2) is 47.0 Å². The van der Waals surface area contributed by atoms with Crippen molar-refractivity contribution in [1.29, 1.82) is 0 Å². The van der Waals surface area contributed by atoms with E-state index in [0.29, 0.717) is 6.54 Å². The molecule has 0 aromatic carbocycles. The average molecular weight is 377 g/mol. The third-order valence-electron chi connectivity index (χ3n) is 5.74. The van der Waals surface area contributed by atoms with Crippen LogP contribution < -0.4 is 5.56 Å². The molecule has 1 atom stereocenters. The van der Waals surface area contributed by atoms with Crippen LogP contribution in [0, 0.1) is 0 Å². The zero-order chi connectivity index (χ0) is 18.9. The Morgan fingerprint density at radius 2 is 2.07 bits per heavy atom. The van der Waals surface area contributed by atoms with Crippen molar-refractivity contribution >= 4 is 0 Å². The first-order chi connectivity index (χ1) is 13.8. The number of aryl methyl sites for hydroxylation is 1. The highest BCUT2D eigenvalue weighted by Crippen LogP contribution is 2.23. The molecule has 1 saturated heterocycles. The summed E-state index contributed by atoms with van der Waals surface area (Å²) in [6, 6.07) is 7.48. The molecule has 1 fully saturated rings. The summed E-state index contributed by atoms with van der Waals surface area (Å²) < 4.78 is 3.85. The van der Waals surface area contributed by atoms with Crippen molar-refractivity contribution in [2.24, 2.45) is 0 Å². The Morgan fingerprint density at radius 3 is 2.96 bits per heavy atom. The molecule has 5 rings (SSSR count). The summed E-state index contributed by atoms with van der Waals surface area (Å²) in [5, 5.41) is 13.3. The average Bonchev–Trinajstić information content (AvgIpc) is 3.44. The van der Waals surface area contributed by atoms with Gasteiger partial charge in [0.15, 0.2) is 0 Å². The van der Waals surface area contributed by atoms with Crippen molar-refractivity contribution in [3.05, 3.63) is 58.7 Å². The first-order valence-corrected chi connectivity index (χ1v) is 9.91. The third-order valence-corrected chi connectivity index (χ3v) is 5.74. The zero-order valence-electron chi connectivity index (χ0n) is 15.7. The van der Waals surface area contributed by atoms with Crippen molar-refractivity contribution in [1.82, 2.24) is 34.4 Å². The molecule has 0 bridgehead atoms. The van der Waals surface area contributed by atoms with E-state index in [2.05, 4.69) is 29.7 Å². The number of aromatic nitrogens is 6. The first-order valence-electron chi connectivity index (χ1n) is 9.91. The van der Waals surface area contributed by atoms with Gasteiger partial charge in [0.25, 0.3) is 5.56 Å². The number of hydrogen-bond donors (Lipinski definition) is 0. The zero-order valence-corrected chi connectivity index (χ0v) is 15.7. The lowest BCUT2D eigenvalue weighted by molar-refractivity contribution is 0.209. The van der Waals surface area contributed by atoms with Gasteiger partial charge in [0.1, 0.15) is 11.6 Å². The van der Waals surface area contributed by atoms with E-state index in [9.17, 15) is 4.79 Å². The normalized spacial score (nSPS) is 19.2. The number of likely N-dealkylation sites (tertiary alicyclic amines) is 1. The van der Waals surface area contributed by atoms with Crippen molar-refractivity contribution in [2.75, 3.05) is 6.54 Å².